The van der Waals surface area contributed by atoms with Crippen molar-refractivity contribution in [3.8, 4) is 0 Å². The zero-order valence-electron chi connectivity index (χ0n) is 12.5. The molecule has 0 saturated heterocycles. The molecule has 0 heterocycles. The van der Waals surface area contributed by atoms with Gasteiger partial charge in [-0.3, -0.25) is 0 Å². The normalized spacial score (nSPS) is 12.2. The maximum atomic E-state index is 6.26. The highest BCUT2D eigenvalue weighted by atomic mass is 35.5. The fraction of sp³-hybridized carbons (Fsp3) is 0.294. The van der Waals surface area contributed by atoms with E-state index in [1.807, 2.05) is 39.3 Å². The summed E-state index contributed by atoms with van der Waals surface area (Å²) >= 11 is 12.3. The Kier molecular flexibility index (Phi) is 5.51. The van der Waals surface area contributed by atoms with Gasteiger partial charge in [0, 0.05) is 35.9 Å². The summed E-state index contributed by atoms with van der Waals surface area (Å²) in [6.07, 6.45) is 0.803. The molecule has 0 bridgehead atoms. The number of benzene rings is 2. The van der Waals surface area contributed by atoms with Crippen LogP contribution in [0, 0.1) is 0 Å². The zero-order valence-corrected chi connectivity index (χ0v) is 14.0. The second kappa shape index (κ2) is 7.17. The molecule has 0 amide bonds. The van der Waals surface area contributed by atoms with Crippen LogP contribution >= 0.6 is 23.2 Å². The Labute approximate surface area is 136 Å². The van der Waals surface area contributed by atoms with E-state index in [2.05, 4.69) is 34.5 Å². The molecule has 0 aromatic heterocycles. The number of likely N-dealkylation sites (N-methyl/N-ethyl adjacent to an activating group) is 1. The van der Waals surface area contributed by atoms with Gasteiger partial charge in [0.25, 0.3) is 0 Å². The van der Waals surface area contributed by atoms with Crippen molar-refractivity contribution in [2.24, 2.45) is 0 Å². The minimum Gasteiger partial charge on any atom is -0.378 e. The van der Waals surface area contributed by atoms with Gasteiger partial charge in [0.05, 0.1) is 0 Å². The Morgan fingerprint density at radius 3 is 2.29 bits per heavy atom. The van der Waals surface area contributed by atoms with Gasteiger partial charge in [-0.25, -0.2) is 0 Å². The number of hydrogen-bond donors (Lipinski definition) is 1. The molecule has 0 radical (unpaired) electrons. The predicted molar refractivity (Wildman–Crippen MR) is 92.7 cm³/mol. The Morgan fingerprint density at radius 1 is 1.05 bits per heavy atom. The van der Waals surface area contributed by atoms with Crippen molar-refractivity contribution < 1.29 is 0 Å². The molecule has 0 aliphatic rings. The van der Waals surface area contributed by atoms with Crippen LogP contribution < -0.4 is 10.2 Å². The topological polar surface area (TPSA) is 15.3 Å². The van der Waals surface area contributed by atoms with Crippen LogP contribution in [0.2, 0.25) is 10.0 Å². The van der Waals surface area contributed by atoms with Gasteiger partial charge in [-0.2, -0.15) is 0 Å². The van der Waals surface area contributed by atoms with Crippen LogP contribution in [0.3, 0.4) is 0 Å². The molecule has 2 aromatic rings. The average molecular weight is 323 g/mol. The van der Waals surface area contributed by atoms with Crippen LogP contribution in [0.4, 0.5) is 5.69 Å². The highest BCUT2D eigenvalue weighted by molar-refractivity contribution is 6.33. The molecular formula is C17H20Cl2N2. The van der Waals surface area contributed by atoms with E-state index in [1.54, 1.807) is 0 Å². The minimum absolute atomic E-state index is 0.206. The molecule has 2 rings (SSSR count). The van der Waals surface area contributed by atoms with Gasteiger partial charge in [0.2, 0.25) is 0 Å². The van der Waals surface area contributed by atoms with E-state index in [-0.39, 0.29) is 6.04 Å². The fourth-order valence-corrected chi connectivity index (χ4v) is 2.70. The molecule has 1 unspecified atom stereocenters. The van der Waals surface area contributed by atoms with Crippen molar-refractivity contribution in [3.05, 3.63) is 63.6 Å². The van der Waals surface area contributed by atoms with Crippen LogP contribution in [-0.2, 0) is 6.42 Å². The molecule has 0 aliphatic carbocycles. The van der Waals surface area contributed by atoms with Crippen molar-refractivity contribution in [3.63, 3.8) is 0 Å². The molecule has 2 nitrogen and oxygen atoms in total. The summed E-state index contributed by atoms with van der Waals surface area (Å²) in [6.45, 7) is 0. The van der Waals surface area contributed by atoms with Crippen LogP contribution in [0.25, 0.3) is 0 Å². The predicted octanol–water partition coefficient (Wildman–Crippen LogP) is 4.56. The van der Waals surface area contributed by atoms with E-state index in [0.717, 1.165) is 17.0 Å². The van der Waals surface area contributed by atoms with E-state index >= 15 is 0 Å². The molecule has 112 valence electrons. The summed E-state index contributed by atoms with van der Waals surface area (Å²) in [5.41, 5.74) is 3.48. The van der Waals surface area contributed by atoms with Crippen LogP contribution in [-0.4, -0.2) is 21.1 Å². The largest absolute Gasteiger partial charge is 0.378 e. The summed E-state index contributed by atoms with van der Waals surface area (Å²) in [5, 5.41) is 4.82. The molecule has 0 spiro atoms. The summed E-state index contributed by atoms with van der Waals surface area (Å²) < 4.78 is 0. The first-order valence-corrected chi connectivity index (χ1v) is 7.65. The van der Waals surface area contributed by atoms with Gasteiger partial charge in [-0.1, -0.05) is 35.3 Å². The number of hydrogen-bond acceptors (Lipinski definition) is 2. The summed E-state index contributed by atoms with van der Waals surface area (Å²) in [4.78, 5) is 2.09. The lowest BCUT2D eigenvalue weighted by molar-refractivity contribution is 0.592. The molecule has 0 fully saturated rings. The van der Waals surface area contributed by atoms with Crippen molar-refractivity contribution in [1.82, 2.24) is 5.32 Å². The molecule has 1 atom stereocenters. The third kappa shape index (κ3) is 4.13. The number of nitrogens with zero attached hydrogens (tertiary/aromatic N) is 1. The number of halogens is 2. The van der Waals surface area contributed by atoms with E-state index in [1.165, 1.54) is 11.3 Å². The maximum Gasteiger partial charge on any atom is 0.0439 e. The Hall–Kier alpha value is -1.22. The van der Waals surface area contributed by atoms with E-state index in [9.17, 15) is 0 Å². The van der Waals surface area contributed by atoms with E-state index in [4.69, 9.17) is 23.2 Å². The third-order valence-electron chi connectivity index (χ3n) is 3.59. The number of rotatable bonds is 5. The Bertz CT molecular complexity index is 594. The lowest BCUT2D eigenvalue weighted by Gasteiger charge is -2.19. The summed E-state index contributed by atoms with van der Waals surface area (Å²) in [7, 11) is 6.04. The standard InChI is InChI=1S/C17H20Cl2N2/c1-20-17(11-13-10-14(18)6-9-16(13)19)12-4-7-15(8-5-12)21(2)3/h4-10,17,20H,11H2,1-3H3. The van der Waals surface area contributed by atoms with Crippen molar-refractivity contribution in [2.75, 3.05) is 26.0 Å². The minimum atomic E-state index is 0.206. The average Bonchev–Trinajstić information content (AvgIpc) is 2.48. The second-order valence-corrected chi connectivity index (χ2v) is 6.11. The van der Waals surface area contributed by atoms with Crippen LogP contribution in [0.1, 0.15) is 17.2 Å². The number of nitrogens with one attached hydrogen (secondary N) is 1. The smallest absolute Gasteiger partial charge is 0.0439 e. The molecule has 0 aliphatic heterocycles. The van der Waals surface area contributed by atoms with Crippen molar-refractivity contribution in [1.29, 1.82) is 0 Å². The van der Waals surface area contributed by atoms with Crippen molar-refractivity contribution >= 4 is 28.9 Å². The fourth-order valence-electron chi connectivity index (χ4n) is 2.31. The molecule has 1 N–H and O–H groups in total. The van der Waals surface area contributed by atoms with E-state index < -0.39 is 0 Å². The van der Waals surface area contributed by atoms with Gasteiger partial charge < -0.3 is 10.2 Å². The second-order valence-electron chi connectivity index (χ2n) is 5.27. The molecule has 2 aromatic carbocycles. The highest BCUT2D eigenvalue weighted by Gasteiger charge is 2.13. The third-order valence-corrected chi connectivity index (χ3v) is 4.20. The SMILES string of the molecule is CNC(Cc1cc(Cl)ccc1Cl)c1ccc(N(C)C)cc1. The van der Waals surface area contributed by atoms with Gasteiger partial charge in [0.15, 0.2) is 0 Å². The molecule has 0 saturated carbocycles. The van der Waals surface area contributed by atoms with Gasteiger partial charge >= 0.3 is 0 Å². The van der Waals surface area contributed by atoms with E-state index in [0.29, 0.717) is 5.02 Å². The van der Waals surface area contributed by atoms with Gasteiger partial charge in [-0.15, -0.1) is 0 Å². The Morgan fingerprint density at radius 2 is 1.71 bits per heavy atom. The highest BCUT2D eigenvalue weighted by Crippen LogP contribution is 2.27. The quantitative estimate of drug-likeness (QED) is 0.867. The summed E-state index contributed by atoms with van der Waals surface area (Å²) in [5.74, 6) is 0. The lowest BCUT2D eigenvalue weighted by Crippen LogP contribution is -2.19. The first-order chi connectivity index (χ1) is 10.0. The first-order valence-electron chi connectivity index (χ1n) is 6.89. The molecular weight excluding hydrogens is 303 g/mol. The van der Waals surface area contributed by atoms with Crippen LogP contribution in [0.15, 0.2) is 42.5 Å². The maximum absolute atomic E-state index is 6.26. The van der Waals surface area contributed by atoms with Crippen LogP contribution in [0.5, 0.6) is 0 Å². The number of anilines is 1. The first kappa shape index (κ1) is 16.2. The molecule has 4 heteroatoms. The zero-order chi connectivity index (χ0) is 15.4. The van der Waals surface area contributed by atoms with Gasteiger partial charge in [0.1, 0.15) is 0 Å². The lowest BCUT2D eigenvalue weighted by atomic mass is 9.98. The van der Waals surface area contributed by atoms with Crippen molar-refractivity contribution in [2.45, 2.75) is 12.5 Å². The Balaban J connectivity index is 2.21. The monoisotopic (exact) mass is 322 g/mol. The van der Waals surface area contributed by atoms with Gasteiger partial charge in [-0.05, 0) is 54.9 Å². The summed E-state index contributed by atoms with van der Waals surface area (Å²) in [6, 6.07) is 14.3. The molecule has 21 heavy (non-hydrogen) atoms.